The third kappa shape index (κ3) is 3.78. The van der Waals surface area contributed by atoms with Crippen LogP contribution in [0.15, 0.2) is 39.9 Å². The monoisotopic (exact) mass is 404 g/mol. The van der Waals surface area contributed by atoms with Gasteiger partial charge in [-0.15, -0.1) is 0 Å². The van der Waals surface area contributed by atoms with E-state index in [1.807, 2.05) is 52.0 Å². The molecule has 0 amide bonds. The molecule has 0 saturated heterocycles. The average molecular weight is 404 g/mol. The molecule has 1 radical (unpaired) electrons. The number of hydrogen-bond donors (Lipinski definition) is 1. The average Bonchev–Trinajstić information content (AvgIpc) is 3.01. The first-order chi connectivity index (χ1) is 10.6. The molecule has 3 aromatic rings. The molecule has 127 valence electrons. The Morgan fingerprint density at radius 3 is 2.46 bits per heavy atom. The summed E-state index contributed by atoms with van der Waals surface area (Å²) in [5.74, 6) is -0.127. The number of pyridine rings is 1. The van der Waals surface area contributed by atoms with Gasteiger partial charge in [-0.25, -0.2) is 4.98 Å². The quantitative estimate of drug-likeness (QED) is 0.652. The van der Waals surface area contributed by atoms with Gasteiger partial charge in [0.15, 0.2) is 17.7 Å². The van der Waals surface area contributed by atoms with Crippen LogP contribution in [0.5, 0.6) is 5.75 Å². The van der Waals surface area contributed by atoms with Gasteiger partial charge in [0.25, 0.3) is 5.56 Å². The van der Waals surface area contributed by atoms with Crippen molar-refractivity contribution in [3.8, 4) is 16.9 Å². The number of hydrogen-bond acceptors (Lipinski definition) is 4. The summed E-state index contributed by atoms with van der Waals surface area (Å²) in [6.07, 6.45) is 1.23. The van der Waals surface area contributed by atoms with E-state index in [0.29, 0.717) is 23.3 Å². The van der Waals surface area contributed by atoms with Gasteiger partial charge in [0, 0.05) is 39.3 Å². The predicted octanol–water partition coefficient (Wildman–Crippen LogP) is 4.16. The summed E-state index contributed by atoms with van der Waals surface area (Å²) in [4.78, 5) is 16.6. The second-order valence-corrected chi connectivity index (χ2v) is 4.59. The Bertz CT molecular complexity index is 853. The SMILES string of the molecule is CC.CCn1c(=O)c(-c2ccccc2C)c(O)c2ncoc21.[CH3-].[Y]. The number of aryl methyl sites for hydroxylation is 2. The number of aromatic nitrogens is 2. The van der Waals surface area contributed by atoms with Crippen molar-refractivity contribution in [2.24, 2.45) is 0 Å². The van der Waals surface area contributed by atoms with E-state index in [1.165, 1.54) is 11.0 Å². The first kappa shape index (κ1) is 22.5. The summed E-state index contributed by atoms with van der Waals surface area (Å²) in [6, 6.07) is 7.45. The number of aromatic hydroxyl groups is 1. The number of nitrogens with zero attached hydrogens (tertiary/aromatic N) is 2. The summed E-state index contributed by atoms with van der Waals surface area (Å²) >= 11 is 0. The van der Waals surface area contributed by atoms with Crippen molar-refractivity contribution in [3.63, 3.8) is 0 Å². The second kappa shape index (κ2) is 9.75. The van der Waals surface area contributed by atoms with E-state index in [1.54, 1.807) is 0 Å². The third-order valence-electron chi connectivity index (χ3n) is 3.44. The van der Waals surface area contributed by atoms with Gasteiger partial charge in [-0.05, 0) is 25.0 Å². The molecule has 5 nitrogen and oxygen atoms in total. The molecule has 2 aromatic heterocycles. The molecular formula is C18H23N2O3Y-. The van der Waals surface area contributed by atoms with Gasteiger partial charge in [0.1, 0.15) is 0 Å². The predicted molar refractivity (Wildman–Crippen MR) is 93.5 cm³/mol. The zero-order chi connectivity index (χ0) is 16.3. The normalized spacial score (nSPS) is 9.50. The number of fused-ring (bicyclic) bond motifs is 1. The molecule has 0 atom stereocenters. The van der Waals surface area contributed by atoms with Crippen LogP contribution in [0.4, 0.5) is 0 Å². The molecule has 6 heteroatoms. The van der Waals surface area contributed by atoms with Gasteiger partial charge in [0.05, 0.1) is 5.56 Å². The van der Waals surface area contributed by atoms with Gasteiger partial charge >= 0.3 is 0 Å². The minimum absolute atomic E-state index is 0. The van der Waals surface area contributed by atoms with Crippen LogP contribution in [-0.2, 0) is 39.3 Å². The molecule has 0 unspecified atom stereocenters. The van der Waals surface area contributed by atoms with Crippen LogP contribution in [-0.4, -0.2) is 14.7 Å². The molecule has 1 N–H and O–H groups in total. The molecule has 0 spiro atoms. The van der Waals surface area contributed by atoms with Crippen LogP contribution in [0.1, 0.15) is 26.3 Å². The minimum atomic E-state index is -0.274. The topological polar surface area (TPSA) is 68.3 Å². The van der Waals surface area contributed by atoms with Crippen molar-refractivity contribution in [1.82, 2.24) is 9.55 Å². The number of oxazole rings is 1. The Hall–Kier alpha value is -1.46. The van der Waals surface area contributed by atoms with E-state index >= 15 is 0 Å². The van der Waals surface area contributed by atoms with Gasteiger partial charge in [0.2, 0.25) is 5.71 Å². The van der Waals surface area contributed by atoms with E-state index in [4.69, 9.17) is 4.42 Å². The molecule has 3 rings (SSSR count). The first-order valence-electron chi connectivity index (χ1n) is 7.40. The first-order valence-corrected chi connectivity index (χ1v) is 7.40. The van der Waals surface area contributed by atoms with Crippen LogP contribution in [0, 0.1) is 14.4 Å². The summed E-state index contributed by atoms with van der Waals surface area (Å²) in [5, 5.41) is 10.4. The molecule has 0 bridgehead atoms. The zero-order valence-electron chi connectivity index (χ0n) is 14.8. The second-order valence-electron chi connectivity index (χ2n) is 4.59. The fourth-order valence-corrected chi connectivity index (χ4v) is 2.42. The smallest absolute Gasteiger partial charge is 0.265 e. The van der Waals surface area contributed by atoms with Crippen molar-refractivity contribution in [2.45, 2.75) is 34.2 Å². The van der Waals surface area contributed by atoms with E-state index in [0.717, 1.165) is 5.56 Å². The Morgan fingerprint density at radius 2 is 1.88 bits per heavy atom. The van der Waals surface area contributed by atoms with Crippen molar-refractivity contribution < 1.29 is 42.2 Å². The fraction of sp³-hybridized carbons (Fsp3) is 0.278. The summed E-state index contributed by atoms with van der Waals surface area (Å²) in [7, 11) is 0. The van der Waals surface area contributed by atoms with Crippen molar-refractivity contribution in [2.75, 3.05) is 0 Å². The maximum Gasteiger partial charge on any atom is 0.265 e. The zero-order valence-corrected chi connectivity index (χ0v) is 17.7. The van der Waals surface area contributed by atoms with E-state index in [2.05, 4.69) is 4.98 Å². The van der Waals surface area contributed by atoms with E-state index < -0.39 is 0 Å². The Morgan fingerprint density at radius 1 is 1.25 bits per heavy atom. The summed E-state index contributed by atoms with van der Waals surface area (Å²) in [5.41, 5.74) is 2.24. The minimum Gasteiger partial charge on any atom is -0.505 e. The van der Waals surface area contributed by atoms with Gasteiger partial charge < -0.3 is 17.0 Å². The fourth-order valence-electron chi connectivity index (χ4n) is 2.42. The standard InChI is InChI=1S/C15H14N2O3.C2H6.CH3.Y/c1-3-17-14(19)11(10-7-5-4-6-9(10)2)13(18)12-15(17)20-8-16-12;1-2;;/h4-8,18H,3H2,1-2H3;1-2H3;1H3;/q;;-1;. The van der Waals surface area contributed by atoms with E-state index in [9.17, 15) is 9.90 Å². The molecule has 0 fully saturated rings. The summed E-state index contributed by atoms with van der Waals surface area (Å²) < 4.78 is 6.69. The molecule has 0 aliphatic heterocycles. The molecule has 1 aromatic carbocycles. The molecule has 2 heterocycles. The Labute approximate surface area is 167 Å². The maximum atomic E-state index is 12.6. The van der Waals surface area contributed by atoms with Crippen LogP contribution < -0.4 is 5.56 Å². The summed E-state index contributed by atoms with van der Waals surface area (Å²) in [6.45, 7) is 8.20. The third-order valence-corrected chi connectivity index (χ3v) is 3.44. The van der Waals surface area contributed by atoms with Crippen LogP contribution in [0.2, 0.25) is 0 Å². The largest absolute Gasteiger partial charge is 0.505 e. The van der Waals surface area contributed by atoms with E-state index in [-0.39, 0.29) is 57.0 Å². The maximum absolute atomic E-state index is 12.6. The van der Waals surface area contributed by atoms with Crippen molar-refractivity contribution in [1.29, 1.82) is 0 Å². The van der Waals surface area contributed by atoms with Crippen LogP contribution in [0.25, 0.3) is 22.4 Å². The van der Waals surface area contributed by atoms with Gasteiger partial charge in [-0.1, -0.05) is 38.1 Å². The Kier molecular flexibility index (Phi) is 9.16. The Balaban J connectivity index is 0.00000128. The van der Waals surface area contributed by atoms with Crippen LogP contribution in [0.3, 0.4) is 0 Å². The van der Waals surface area contributed by atoms with Crippen molar-refractivity contribution >= 4 is 11.2 Å². The molecule has 24 heavy (non-hydrogen) atoms. The van der Waals surface area contributed by atoms with Gasteiger partial charge in [-0.2, -0.15) is 0 Å². The molecule has 0 aliphatic rings. The number of rotatable bonds is 2. The molecular weight excluding hydrogens is 381 g/mol. The van der Waals surface area contributed by atoms with Gasteiger partial charge in [-0.3, -0.25) is 9.36 Å². The molecule has 0 saturated carbocycles. The van der Waals surface area contributed by atoms with Crippen LogP contribution >= 0.6 is 0 Å². The van der Waals surface area contributed by atoms with Crippen molar-refractivity contribution in [3.05, 3.63) is 54.0 Å². The molecule has 0 aliphatic carbocycles. The number of benzene rings is 1.